The summed E-state index contributed by atoms with van der Waals surface area (Å²) in [7, 11) is 7.92. The summed E-state index contributed by atoms with van der Waals surface area (Å²) in [5.41, 5.74) is 3.58. The molecule has 0 spiro atoms. The van der Waals surface area contributed by atoms with Crippen LogP contribution >= 0.6 is 0 Å². The fourth-order valence-electron chi connectivity index (χ4n) is 4.34. The van der Waals surface area contributed by atoms with E-state index in [1.54, 1.807) is 52.6 Å². The van der Waals surface area contributed by atoms with E-state index >= 15 is 0 Å². The van der Waals surface area contributed by atoms with Gasteiger partial charge in [-0.1, -0.05) is 12.1 Å². The summed E-state index contributed by atoms with van der Waals surface area (Å²) in [5.74, 6) is 3.53. The molecule has 0 aromatic heterocycles. The molecule has 0 atom stereocenters. The first-order valence-electron chi connectivity index (χ1n) is 11.6. The zero-order valence-corrected chi connectivity index (χ0v) is 21.3. The fourth-order valence-corrected chi connectivity index (χ4v) is 4.34. The van der Waals surface area contributed by atoms with E-state index in [4.69, 9.17) is 28.4 Å². The molecule has 0 bridgehead atoms. The number of fused-ring (bicyclic) bond motifs is 1. The topological polar surface area (TPSA) is 75.7 Å². The van der Waals surface area contributed by atoms with Crippen LogP contribution in [0.5, 0.6) is 34.5 Å². The molecule has 1 heterocycles. The van der Waals surface area contributed by atoms with Gasteiger partial charge in [0.05, 0.1) is 48.5 Å². The summed E-state index contributed by atoms with van der Waals surface area (Å²) in [4.78, 5) is 15.2. The Morgan fingerprint density at radius 3 is 2.19 bits per heavy atom. The van der Waals surface area contributed by atoms with Gasteiger partial charge in [-0.05, 0) is 53.1 Å². The Balaban J connectivity index is 1.63. The molecule has 8 nitrogen and oxygen atoms in total. The number of carbonyl (C=O) groups excluding carboxylic acids is 1. The molecule has 8 heteroatoms. The average Bonchev–Trinajstić information content (AvgIpc) is 3.14. The van der Waals surface area contributed by atoms with E-state index < -0.39 is 0 Å². The predicted octanol–water partition coefficient (Wildman–Crippen LogP) is 4.36. The van der Waals surface area contributed by atoms with Gasteiger partial charge in [-0.2, -0.15) is 0 Å². The van der Waals surface area contributed by atoms with Gasteiger partial charge in [-0.25, -0.2) is 0 Å². The maximum Gasteiger partial charge on any atom is 0.227 e. The minimum Gasteiger partial charge on any atom is -0.497 e. The Morgan fingerprint density at radius 1 is 0.833 bits per heavy atom. The lowest BCUT2D eigenvalue weighted by Gasteiger charge is -2.21. The first-order chi connectivity index (χ1) is 17.5. The molecule has 0 unspecified atom stereocenters. The van der Waals surface area contributed by atoms with Gasteiger partial charge in [-0.15, -0.1) is 0 Å². The van der Waals surface area contributed by atoms with Crippen molar-refractivity contribution in [3.8, 4) is 45.6 Å². The third kappa shape index (κ3) is 5.12. The molecular formula is C28H31NO7. The van der Waals surface area contributed by atoms with Crippen LogP contribution in [-0.2, 0) is 17.8 Å². The lowest BCUT2D eigenvalue weighted by molar-refractivity contribution is -0.131. The van der Waals surface area contributed by atoms with Crippen molar-refractivity contribution in [1.29, 1.82) is 0 Å². The summed E-state index contributed by atoms with van der Waals surface area (Å²) >= 11 is 0. The SMILES string of the molecule is COc1cccc(-c2cc3c(c(OC)c2)OCCN(C(=O)Cc2cc(OC)c(OC)c(OC)c2)C3)c1. The number of hydrogen-bond acceptors (Lipinski definition) is 7. The molecule has 0 saturated carbocycles. The summed E-state index contributed by atoms with van der Waals surface area (Å²) in [5, 5.41) is 0. The second-order valence-corrected chi connectivity index (χ2v) is 8.27. The maximum absolute atomic E-state index is 13.4. The van der Waals surface area contributed by atoms with E-state index in [0.717, 1.165) is 28.0 Å². The smallest absolute Gasteiger partial charge is 0.227 e. The van der Waals surface area contributed by atoms with E-state index in [1.165, 1.54) is 0 Å². The molecule has 0 radical (unpaired) electrons. The molecule has 0 N–H and O–H groups in total. The van der Waals surface area contributed by atoms with Crippen LogP contribution in [0.25, 0.3) is 11.1 Å². The van der Waals surface area contributed by atoms with Gasteiger partial charge >= 0.3 is 0 Å². The second kappa shape index (κ2) is 11.1. The molecule has 0 saturated heterocycles. The van der Waals surface area contributed by atoms with Crippen LogP contribution in [-0.4, -0.2) is 59.5 Å². The standard InChI is InChI=1S/C28H31NO7/c1-31-22-8-6-7-19(15-22)20-14-21-17-29(9-10-36-27(21)25(16-20)34-4)26(30)13-18-11-23(32-2)28(35-5)24(12-18)33-3/h6-8,11-12,14-16H,9-10,13,17H2,1-5H3. The van der Waals surface area contributed by atoms with Crippen molar-refractivity contribution in [3.05, 3.63) is 59.7 Å². The molecule has 36 heavy (non-hydrogen) atoms. The quantitative estimate of drug-likeness (QED) is 0.462. The molecule has 1 amide bonds. The lowest BCUT2D eigenvalue weighted by Crippen LogP contribution is -2.33. The number of amides is 1. The van der Waals surface area contributed by atoms with Gasteiger partial charge in [0.1, 0.15) is 12.4 Å². The first kappa shape index (κ1) is 25.0. The van der Waals surface area contributed by atoms with Crippen LogP contribution in [0.4, 0.5) is 0 Å². The Hall–Kier alpha value is -4.07. The third-order valence-electron chi connectivity index (χ3n) is 6.16. The number of methoxy groups -OCH3 is 5. The largest absolute Gasteiger partial charge is 0.497 e. The Kier molecular flexibility index (Phi) is 7.73. The van der Waals surface area contributed by atoms with Crippen molar-refractivity contribution < 1.29 is 33.2 Å². The fraction of sp³-hybridized carbons (Fsp3) is 0.321. The van der Waals surface area contributed by atoms with Crippen molar-refractivity contribution >= 4 is 5.91 Å². The number of hydrogen-bond donors (Lipinski definition) is 0. The molecule has 3 aromatic carbocycles. The van der Waals surface area contributed by atoms with Crippen molar-refractivity contribution in [3.63, 3.8) is 0 Å². The normalized spacial score (nSPS) is 12.6. The van der Waals surface area contributed by atoms with Crippen molar-refractivity contribution in [2.75, 3.05) is 48.7 Å². The van der Waals surface area contributed by atoms with Crippen LogP contribution < -0.4 is 28.4 Å². The highest BCUT2D eigenvalue weighted by Crippen LogP contribution is 2.40. The van der Waals surface area contributed by atoms with Crippen LogP contribution in [0.2, 0.25) is 0 Å². The Labute approximate surface area is 211 Å². The maximum atomic E-state index is 13.4. The van der Waals surface area contributed by atoms with Gasteiger partial charge in [0.25, 0.3) is 0 Å². The summed E-state index contributed by atoms with van der Waals surface area (Å²) in [6.45, 7) is 1.21. The van der Waals surface area contributed by atoms with E-state index in [2.05, 4.69) is 0 Å². The average molecular weight is 494 g/mol. The molecule has 190 valence electrons. The predicted molar refractivity (Wildman–Crippen MR) is 136 cm³/mol. The molecule has 1 aliphatic heterocycles. The van der Waals surface area contributed by atoms with Gasteiger partial charge in [0, 0.05) is 12.1 Å². The molecule has 1 aliphatic rings. The molecule has 4 rings (SSSR count). The Bertz CT molecular complexity index is 1220. The van der Waals surface area contributed by atoms with Crippen LogP contribution in [0.3, 0.4) is 0 Å². The summed E-state index contributed by atoms with van der Waals surface area (Å²) in [6, 6.07) is 15.4. The minimum atomic E-state index is -0.0357. The second-order valence-electron chi connectivity index (χ2n) is 8.27. The van der Waals surface area contributed by atoms with Gasteiger partial charge in [0.2, 0.25) is 11.7 Å². The number of carbonyl (C=O) groups is 1. The zero-order chi connectivity index (χ0) is 25.7. The van der Waals surface area contributed by atoms with Crippen LogP contribution in [0.15, 0.2) is 48.5 Å². The van der Waals surface area contributed by atoms with Gasteiger partial charge in [-0.3, -0.25) is 4.79 Å². The van der Waals surface area contributed by atoms with Crippen LogP contribution in [0.1, 0.15) is 11.1 Å². The summed E-state index contributed by atoms with van der Waals surface area (Å²) < 4.78 is 33.3. The molecular weight excluding hydrogens is 462 g/mol. The highest BCUT2D eigenvalue weighted by atomic mass is 16.5. The molecule has 0 aliphatic carbocycles. The van der Waals surface area contributed by atoms with E-state index in [0.29, 0.717) is 48.4 Å². The number of benzene rings is 3. The van der Waals surface area contributed by atoms with Crippen LogP contribution in [0, 0.1) is 0 Å². The van der Waals surface area contributed by atoms with E-state index in [1.807, 2.05) is 36.4 Å². The third-order valence-corrected chi connectivity index (χ3v) is 6.16. The highest BCUT2D eigenvalue weighted by molar-refractivity contribution is 5.80. The Morgan fingerprint density at radius 2 is 1.56 bits per heavy atom. The molecule has 0 fully saturated rings. The van der Waals surface area contributed by atoms with Crippen molar-refractivity contribution in [2.45, 2.75) is 13.0 Å². The summed E-state index contributed by atoms with van der Waals surface area (Å²) in [6.07, 6.45) is 0.179. The zero-order valence-electron chi connectivity index (χ0n) is 21.3. The number of rotatable bonds is 8. The number of ether oxygens (including phenoxy) is 6. The first-order valence-corrected chi connectivity index (χ1v) is 11.6. The minimum absolute atomic E-state index is 0.0357. The molecule has 3 aromatic rings. The number of nitrogens with zero attached hydrogens (tertiary/aromatic N) is 1. The van der Waals surface area contributed by atoms with Crippen molar-refractivity contribution in [2.24, 2.45) is 0 Å². The highest BCUT2D eigenvalue weighted by Gasteiger charge is 2.24. The lowest BCUT2D eigenvalue weighted by atomic mass is 10.0. The van der Waals surface area contributed by atoms with Crippen molar-refractivity contribution in [1.82, 2.24) is 4.90 Å². The van der Waals surface area contributed by atoms with Gasteiger partial charge in [0.15, 0.2) is 23.0 Å². The van der Waals surface area contributed by atoms with Gasteiger partial charge < -0.3 is 33.3 Å². The van der Waals surface area contributed by atoms with E-state index in [9.17, 15) is 4.79 Å². The monoisotopic (exact) mass is 493 g/mol. The van der Waals surface area contributed by atoms with E-state index in [-0.39, 0.29) is 12.3 Å².